The Morgan fingerprint density at radius 2 is 1.95 bits per heavy atom. The van der Waals surface area contributed by atoms with Gasteiger partial charge in [0.25, 0.3) is 0 Å². The molecule has 1 rings (SSSR count). The number of halogens is 2. The van der Waals surface area contributed by atoms with Crippen LogP contribution < -0.4 is 16.0 Å². The zero-order chi connectivity index (χ0) is 14.4. The van der Waals surface area contributed by atoms with Crippen LogP contribution in [0.4, 0.5) is 20.4 Å². The van der Waals surface area contributed by atoms with E-state index in [9.17, 15) is 13.6 Å². The standard InChI is InChI=1S/C12H18F2N4O/c1-7(2)17-10(19)4-5-16-12-9(14)6-8(13)11(15-3)18-12/h6-7H,4-5H2,1-3H3,(H,17,19)(H2,15,16,18). The smallest absolute Gasteiger partial charge is 0.221 e. The number of hydrogen-bond donors (Lipinski definition) is 3. The van der Waals surface area contributed by atoms with Crippen molar-refractivity contribution in [3.05, 3.63) is 17.7 Å². The fourth-order valence-electron chi connectivity index (χ4n) is 1.45. The Morgan fingerprint density at radius 1 is 1.32 bits per heavy atom. The molecule has 0 saturated heterocycles. The Balaban J connectivity index is 2.56. The lowest BCUT2D eigenvalue weighted by Crippen LogP contribution is -2.31. The summed E-state index contributed by atoms with van der Waals surface area (Å²) < 4.78 is 26.6. The normalized spacial score (nSPS) is 10.4. The molecule has 3 N–H and O–H groups in total. The molecule has 0 unspecified atom stereocenters. The van der Waals surface area contributed by atoms with Gasteiger partial charge in [0.2, 0.25) is 5.91 Å². The number of anilines is 2. The van der Waals surface area contributed by atoms with Crippen LogP contribution in [0.1, 0.15) is 20.3 Å². The summed E-state index contributed by atoms with van der Waals surface area (Å²) in [5, 5.41) is 7.89. The van der Waals surface area contributed by atoms with E-state index in [0.29, 0.717) is 0 Å². The first-order chi connectivity index (χ1) is 8.93. The minimum atomic E-state index is -0.791. The molecule has 0 fully saturated rings. The van der Waals surface area contributed by atoms with E-state index in [0.717, 1.165) is 6.07 Å². The third-order valence-electron chi connectivity index (χ3n) is 2.26. The van der Waals surface area contributed by atoms with E-state index in [-0.39, 0.29) is 36.6 Å². The summed E-state index contributed by atoms with van der Waals surface area (Å²) in [6, 6.07) is 0.805. The monoisotopic (exact) mass is 272 g/mol. The number of aromatic nitrogens is 1. The summed E-state index contributed by atoms with van der Waals surface area (Å²) in [5.74, 6) is -1.82. The molecule has 0 atom stereocenters. The van der Waals surface area contributed by atoms with Gasteiger partial charge in [-0.3, -0.25) is 4.79 Å². The minimum Gasteiger partial charge on any atom is -0.371 e. The van der Waals surface area contributed by atoms with Crippen LogP contribution in [0.2, 0.25) is 0 Å². The number of pyridine rings is 1. The summed E-state index contributed by atoms with van der Waals surface area (Å²) in [6.07, 6.45) is 0.186. The van der Waals surface area contributed by atoms with Crippen LogP contribution in [-0.4, -0.2) is 30.5 Å². The number of carbonyl (C=O) groups excluding carboxylic acids is 1. The van der Waals surface area contributed by atoms with Crippen LogP contribution in [-0.2, 0) is 4.79 Å². The van der Waals surface area contributed by atoms with Crippen LogP contribution in [0.15, 0.2) is 6.07 Å². The molecule has 0 aliphatic rings. The maximum atomic E-state index is 13.4. The zero-order valence-electron chi connectivity index (χ0n) is 11.2. The lowest BCUT2D eigenvalue weighted by Gasteiger charge is -2.10. The van der Waals surface area contributed by atoms with Crippen molar-refractivity contribution >= 4 is 17.5 Å². The van der Waals surface area contributed by atoms with Crippen molar-refractivity contribution in [2.24, 2.45) is 0 Å². The Kier molecular flexibility index (Phi) is 5.47. The zero-order valence-corrected chi connectivity index (χ0v) is 11.2. The van der Waals surface area contributed by atoms with Gasteiger partial charge in [0.05, 0.1) is 0 Å². The second-order valence-electron chi connectivity index (χ2n) is 4.30. The van der Waals surface area contributed by atoms with Gasteiger partial charge in [-0.05, 0) is 13.8 Å². The molecule has 0 saturated carbocycles. The Bertz CT molecular complexity index is 452. The van der Waals surface area contributed by atoms with Crippen LogP contribution in [0.3, 0.4) is 0 Å². The molecular formula is C12H18F2N4O. The molecule has 0 aliphatic carbocycles. The largest absolute Gasteiger partial charge is 0.371 e. The van der Waals surface area contributed by atoms with E-state index in [1.165, 1.54) is 7.05 Å². The van der Waals surface area contributed by atoms with Crippen molar-refractivity contribution in [2.75, 3.05) is 24.2 Å². The molecule has 0 bridgehead atoms. The molecule has 5 nitrogen and oxygen atoms in total. The van der Waals surface area contributed by atoms with Crippen LogP contribution in [0, 0.1) is 11.6 Å². The molecule has 106 valence electrons. The van der Waals surface area contributed by atoms with E-state index in [1.807, 2.05) is 13.8 Å². The summed E-state index contributed by atoms with van der Waals surface area (Å²) in [4.78, 5) is 15.1. The van der Waals surface area contributed by atoms with Crippen molar-refractivity contribution in [3.8, 4) is 0 Å². The van der Waals surface area contributed by atoms with Gasteiger partial charge in [0, 0.05) is 32.1 Å². The molecule has 7 heteroatoms. The Labute approximate surface area is 110 Å². The molecule has 0 radical (unpaired) electrons. The van der Waals surface area contributed by atoms with Crippen molar-refractivity contribution in [1.29, 1.82) is 0 Å². The summed E-state index contributed by atoms with van der Waals surface area (Å²) in [6.45, 7) is 3.93. The van der Waals surface area contributed by atoms with Gasteiger partial charge in [-0.1, -0.05) is 0 Å². The number of rotatable bonds is 6. The first-order valence-corrected chi connectivity index (χ1v) is 6.01. The molecule has 19 heavy (non-hydrogen) atoms. The second-order valence-corrected chi connectivity index (χ2v) is 4.30. The quantitative estimate of drug-likeness (QED) is 0.738. The van der Waals surface area contributed by atoms with Gasteiger partial charge >= 0.3 is 0 Å². The molecule has 1 amide bonds. The third kappa shape index (κ3) is 4.69. The first-order valence-electron chi connectivity index (χ1n) is 6.01. The predicted octanol–water partition coefficient (Wildman–Crippen LogP) is 1.73. The van der Waals surface area contributed by atoms with Crippen LogP contribution in [0.5, 0.6) is 0 Å². The van der Waals surface area contributed by atoms with Crippen molar-refractivity contribution < 1.29 is 13.6 Å². The highest BCUT2D eigenvalue weighted by Crippen LogP contribution is 2.18. The SMILES string of the molecule is CNc1nc(NCCC(=O)NC(C)C)c(F)cc1F. The number of hydrogen-bond acceptors (Lipinski definition) is 4. The fourth-order valence-corrected chi connectivity index (χ4v) is 1.45. The number of nitrogens with one attached hydrogen (secondary N) is 3. The Morgan fingerprint density at radius 3 is 2.53 bits per heavy atom. The number of carbonyl (C=O) groups is 1. The van der Waals surface area contributed by atoms with Gasteiger partial charge in [0.1, 0.15) is 0 Å². The molecule has 0 spiro atoms. The van der Waals surface area contributed by atoms with Gasteiger partial charge in [-0.15, -0.1) is 0 Å². The molecule has 0 aromatic carbocycles. The highest BCUT2D eigenvalue weighted by Gasteiger charge is 2.11. The molecule has 1 heterocycles. The highest BCUT2D eigenvalue weighted by atomic mass is 19.1. The number of nitrogens with zero attached hydrogens (tertiary/aromatic N) is 1. The fraction of sp³-hybridized carbons (Fsp3) is 0.500. The topological polar surface area (TPSA) is 66.0 Å². The second kappa shape index (κ2) is 6.86. The first kappa shape index (κ1) is 15.1. The van der Waals surface area contributed by atoms with E-state index in [1.54, 1.807) is 0 Å². The minimum absolute atomic E-state index is 0.0458. The average Bonchev–Trinajstić information content (AvgIpc) is 2.31. The van der Waals surface area contributed by atoms with Gasteiger partial charge < -0.3 is 16.0 Å². The maximum Gasteiger partial charge on any atom is 0.221 e. The van der Waals surface area contributed by atoms with Crippen LogP contribution in [0.25, 0.3) is 0 Å². The molecule has 0 aliphatic heterocycles. The van der Waals surface area contributed by atoms with E-state index in [2.05, 4.69) is 20.9 Å². The summed E-state index contributed by atoms with van der Waals surface area (Å²) in [5.41, 5.74) is 0. The lowest BCUT2D eigenvalue weighted by atomic mass is 10.3. The Hall–Kier alpha value is -1.92. The van der Waals surface area contributed by atoms with E-state index >= 15 is 0 Å². The predicted molar refractivity (Wildman–Crippen MR) is 70.1 cm³/mol. The average molecular weight is 272 g/mol. The summed E-state index contributed by atoms with van der Waals surface area (Å²) in [7, 11) is 1.49. The van der Waals surface area contributed by atoms with Gasteiger partial charge in [-0.2, -0.15) is 0 Å². The van der Waals surface area contributed by atoms with E-state index < -0.39 is 11.6 Å². The maximum absolute atomic E-state index is 13.4. The number of amides is 1. The van der Waals surface area contributed by atoms with E-state index in [4.69, 9.17) is 0 Å². The molecular weight excluding hydrogens is 254 g/mol. The molecule has 1 aromatic rings. The molecule has 1 aromatic heterocycles. The van der Waals surface area contributed by atoms with Crippen LogP contribution >= 0.6 is 0 Å². The van der Waals surface area contributed by atoms with Crippen molar-refractivity contribution in [1.82, 2.24) is 10.3 Å². The van der Waals surface area contributed by atoms with Gasteiger partial charge in [0.15, 0.2) is 23.3 Å². The third-order valence-corrected chi connectivity index (χ3v) is 2.26. The summed E-state index contributed by atoms with van der Waals surface area (Å²) >= 11 is 0. The highest BCUT2D eigenvalue weighted by molar-refractivity contribution is 5.76. The lowest BCUT2D eigenvalue weighted by molar-refractivity contribution is -0.121. The van der Waals surface area contributed by atoms with Crippen molar-refractivity contribution in [2.45, 2.75) is 26.3 Å². The van der Waals surface area contributed by atoms with Gasteiger partial charge in [-0.25, -0.2) is 13.8 Å². The van der Waals surface area contributed by atoms with Crippen molar-refractivity contribution in [3.63, 3.8) is 0 Å².